The zero-order valence-corrected chi connectivity index (χ0v) is 20.3. The Morgan fingerprint density at radius 3 is 2.36 bits per heavy atom. The average Bonchev–Trinajstić information content (AvgIpc) is 3.43. The Hall–Kier alpha value is -3.98. The van der Waals surface area contributed by atoms with Crippen molar-refractivity contribution in [3.05, 3.63) is 77.6 Å². The first kappa shape index (κ1) is 22.5. The largest absolute Gasteiger partial charge is 0.367 e. The van der Waals surface area contributed by atoms with Gasteiger partial charge in [-0.2, -0.15) is 0 Å². The van der Waals surface area contributed by atoms with Gasteiger partial charge in [-0.25, -0.2) is 4.98 Å². The van der Waals surface area contributed by atoms with Gasteiger partial charge in [0.25, 0.3) is 5.82 Å². The number of rotatable bonds is 6. The van der Waals surface area contributed by atoms with Crippen molar-refractivity contribution in [2.24, 2.45) is 5.18 Å². The van der Waals surface area contributed by atoms with E-state index >= 15 is 0 Å². The zero-order valence-electron chi connectivity index (χ0n) is 20.3. The van der Waals surface area contributed by atoms with E-state index in [2.05, 4.69) is 94.3 Å². The van der Waals surface area contributed by atoms with Gasteiger partial charge in [0.2, 0.25) is 17.8 Å². The molecule has 0 unspecified atom stereocenters. The van der Waals surface area contributed by atoms with E-state index in [9.17, 15) is 4.91 Å². The summed E-state index contributed by atoms with van der Waals surface area (Å²) in [6.07, 6.45) is 3.68. The molecule has 0 aliphatic carbocycles. The molecule has 2 aromatic heterocycles. The second-order valence-electron chi connectivity index (χ2n) is 9.45. The number of nitrogens with zero attached hydrogens (tertiary/aromatic N) is 6. The lowest BCUT2D eigenvalue weighted by Crippen LogP contribution is -2.48. The van der Waals surface area contributed by atoms with E-state index in [1.807, 2.05) is 6.20 Å². The summed E-state index contributed by atoms with van der Waals surface area (Å²) in [5.74, 6) is 1.44. The van der Waals surface area contributed by atoms with Crippen LogP contribution < -0.4 is 19.7 Å². The van der Waals surface area contributed by atoms with Crippen LogP contribution in [0.4, 0.5) is 23.0 Å². The summed E-state index contributed by atoms with van der Waals surface area (Å²) >= 11 is 0. The van der Waals surface area contributed by atoms with Crippen LogP contribution >= 0.6 is 0 Å². The fraction of sp³-hybridized carbons (Fsp3) is 0.333. The number of aromatic nitrogens is 3. The van der Waals surface area contributed by atoms with E-state index in [0.717, 1.165) is 70.2 Å². The van der Waals surface area contributed by atoms with Crippen molar-refractivity contribution in [1.29, 1.82) is 0 Å². The third-order valence-electron chi connectivity index (χ3n) is 7.34. The van der Waals surface area contributed by atoms with Crippen LogP contribution in [0.5, 0.6) is 0 Å². The van der Waals surface area contributed by atoms with E-state index in [1.54, 1.807) is 6.33 Å². The smallest absolute Gasteiger partial charge is 0.256 e. The molecule has 2 N–H and O–H groups in total. The summed E-state index contributed by atoms with van der Waals surface area (Å²) in [5.41, 5.74) is 4.13. The molecule has 2 aromatic carbocycles. The monoisotopic (exact) mass is 483 g/mol. The Morgan fingerprint density at radius 2 is 1.58 bits per heavy atom. The van der Waals surface area contributed by atoms with Crippen LogP contribution in [0, 0.1) is 4.91 Å². The van der Waals surface area contributed by atoms with Gasteiger partial charge >= 0.3 is 0 Å². The lowest BCUT2D eigenvalue weighted by atomic mass is 10.1. The van der Waals surface area contributed by atoms with Crippen LogP contribution in [0.25, 0.3) is 10.9 Å². The Kier molecular flexibility index (Phi) is 6.21. The number of anilines is 3. The van der Waals surface area contributed by atoms with Crippen LogP contribution in [-0.4, -0.2) is 67.2 Å². The van der Waals surface area contributed by atoms with Gasteiger partial charge in [-0.05, 0) is 28.9 Å². The Morgan fingerprint density at radius 1 is 0.833 bits per heavy atom. The predicted octanol–water partition coefficient (Wildman–Crippen LogP) is 3.42. The first-order valence-corrected chi connectivity index (χ1v) is 12.6. The van der Waals surface area contributed by atoms with Crippen LogP contribution in [0.2, 0.25) is 0 Å². The second kappa shape index (κ2) is 9.94. The fourth-order valence-electron chi connectivity index (χ4n) is 5.42. The second-order valence-corrected chi connectivity index (χ2v) is 9.45. The third-order valence-corrected chi connectivity index (χ3v) is 7.34. The number of hydrogen-bond donors (Lipinski definition) is 1. The minimum absolute atomic E-state index is 0.412. The van der Waals surface area contributed by atoms with E-state index in [4.69, 9.17) is 0 Å². The van der Waals surface area contributed by atoms with Gasteiger partial charge in [-0.15, -0.1) is 4.91 Å². The van der Waals surface area contributed by atoms with E-state index in [-0.39, 0.29) is 0 Å². The maximum atomic E-state index is 12.1. The number of fused-ring (bicyclic) bond motifs is 1. The van der Waals surface area contributed by atoms with Crippen LogP contribution in [0.3, 0.4) is 0 Å². The summed E-state index contributed by atoms with van der Waals surface area (Å²) in [5, 5.41) is 4.70. The highest BCUT2D eigenvalue weighted by Crippen LogP contribution is 2.35. The first-order valence-electron chi connectivity index (χ1n) is 12.6. The fourth-order valence-corrected chi connectivity index (χ4v) is 5.42. The van der Waals surface area contributed by atoms with Gasteiger partial charge in [0, 0.05) is 68.6 Å². The van der Waals surface area contributed by atoms with Crippen molar-refractivity contribution in [3.63, 3.8) is 0 Å². The Labute approximate surface area is 210 Å². The number of aromatic amines is 2. The first-order chi connectivity index (χ1) is 17.8. The lowest BCUT2D eigenvalue weighted by Gasteiger charge is -2.36. The molecular weight excluding hydrogens is 452 g/mol. The predicted molar refractivity (Wildman–Crippen MR) is 143 cm³/mol. The van der Waals surface area contributed by atoms with Gasteiger partial charge in [-0.3, -0.25) is 9.80 Å². The maximum absolute atomic E-state index is 12.1. The number of nitroso groups, excluding NO2 is 1. The molecule has 2 aliphatic rings. The highest BCUT2D eigenvalue weighted by molar-refractivity contribution is 5.92. The molecule has 6 rings (SSSR count). The molecule has 9 heteroatoms. The molecule has 0 atom stereocenters. The lowest BCUT2D eigenvalue weighted by molar-refractivity contribution is -0.368. The number of piperazine rings is 2. The molecular formula is C27H31N8O+. The van der Waals surface area contributed by atoms with E-state index < -0.39 is 0 Å². The Bertz CT molecular complexity index is 1320. The highest BCUT2D eigenvalue weighted by atomic mass is 16.3. The summed E-state index contributed by atoms with van der Waals surface area (Å²) in [6, 6.07) is 19.1. The summed E-state index contributed by atoms with van der Waals surface area (Å²) in [4.78, 5) is 32.4. The minimum Gasteiger partial charge on any atom is -0.367 e. The molecule has 2 aliphatic heterocycles. The molecule has 36 heavy (non-hydrogen) atoms. The van der Waals surface area contributed by atoms with Crippen molar-refractivity contribution in [1.82, 2.24) is 14.9 Å². The molecule has 0 saturated carbocycles. The summed E-state index contributed by atoms with van der Waals surface area (Å²) in [6.45, 7) is 7.76. The van der Waals surface area contributed by atoms with Crippen LogP contribution in [0.1, 0.15) is 5.56 Å². The molecule has 0 radical (unpaired) electrons. The molecule has 0 spiro atoms. The van der Waals surface area contributed by atoms with Gasteiger partial charge in [0.05, 0.1) is 13.1 Å². The van der Waals surface area contributed by atoms with Crippen LogP contribution in [0.15, 0.2) is 72.3 Å². The summed E-state index contributed by atoms with van der Waals surface area (Å²) < 4.78 is 0. The molecule has 184 valence electrons. The van der Waals surface area contributed by atoms with E-state index in [1.165, 1.54) is 16.6 Å². The molecule has 2 fully saturated rings. The highest BCUT2D eigenvalue weighted by Gasteiger charge is 2.31. The molecule has 0 bridgehead atoms. The number of H-pyrrole nitrogens is 2. The van der Waals surface area contributed by atoms with E-state index in [0.29, 0.717) is 11.5 Å². The number of benzene rings is 2. The van der Waals surface area contributed by atoms with Gasteiger partial charge in [0.15, 0.2) is 0 Å². The van der Waals surface area contributed by atoms with Crippen LogP contribution in [-0.2, 0) is 6.54 Å². The average molecular weight is 484 g/mol. The van der Waals surface area contributed by atoms with Crippen molar-refractivity contribution >= 4 is 33.9 Å². The molecule has 4 aromatic rings. The SMILES string of the molecule is O=Nc1c(N2CCN(c3cccc4[nH]ccc34)CC2)nc[nH+]c1N1CCN(Cc2ccccc2)CC1. The summed E-state index contributed by atoms with van der Waals surface area (Å²) in [7, 11) is 0. The topological polar surface area (TPSA) is 85.2 Å². The molecule has 2 saturated heterocycles. The standard InChI is InChI=1S/C27H30N8O/c36-31-25-26(34-13-11-32(12-14-34)19-21-5-2-1-3-6-21)29-20-30-27(25)35-17-15-33(16-18-35)24-8-4-7-23-22(24)9-10-28-23/h1-10,20,28H,11-19H2/p+1. The van der Waals surface area contributed by atoms with Gasteiger partial charge in [-0.1, -0.05) is 41.4 Å². The minimum atomic E-state index is 0.412. The van der Waals surface area contributed by atoms with Crippen molar-refractivity contribution in [2.45, 2.75) is 6.54 Å². The third kappa shape index (κ3) is 4.37. The van der Waals surface area contributed by atoms with Crippen molar-refractivity contribution < 1.29 is 4.98 Å². The molecule has 4 heterocycles. The quantitative estimate of drug-likeness (QED) is 0.423. The van der Waals surface area contributed by atoms with Crippen molar-refractivity contribution in [3.8, 4) is 0 Å². The van der Waals surface area contributed by atoms with Gasteiger partial charge < -0.3 is 14.8 Å². The maximum Gasteiger partial charge on any atom is 0.256 e. The zero-order chi connectivity index (χ0) is 24.3. The number of hydrogen-bond acceptors (Lipinski definition) is 7. The van der Waals surface area contributed by atoms with Crippen molar-refractivity contribution in [2.75, 3.05) is 67.1 Å². The molecule has 0 amide bonds. The van der Waals surface area contributed by atoms with Gasteiger partial charge in [0.1, 0.15) is 0 Å². The normalized spacial score (nSPS) is 17.1. The Balaban J connectivity index is 1.13. The molecule has 9 nitrogen and oxygen atoms in total. The number of nitrogens with one attached hydrogen (secondary N) is 2.